The third-order valence-corrected chi connectivity index (χ3v) is 5.79. The Hall–Kier alpha value is -2.24. The molecule has 4 amide bonds. The zero-order valence-corrected chi connectivity index (χ0v) is 12.7. The Morgan fingerprint density at radius 3 is 1.30 bits per heavy atom. The molecule has 2 aliphatic carbocycles. The lowest BCUT2D eigenvalue weighted by Crippen LogP contribution is -2.39. The third-order valence-electron chi connectivity index (χ3n) is 5.79. The molecule has 6 nitrogen and oxygen atoms in total. The molecule has 2 bridgehead atoms. The Morgan fingerprint density at radius 2 is 1.00 bits per heavy atom. The molecule has 0 radical (unpaired) electrons. The van der Waals surface area contributed by atoms with Gasteiger partial charge in [0.05, 0.1) is 0 Å². The van der Waals surface area contributed by atoms with Gasteiger partial charge in [-0.15, -0.1) is 0 Å². The Labute approximate surface area is 133 Å². The van der Waals surface area contributed by atoms with Crippen LogP contribution in [0.2, 0.25) is 0 Å². The van der Waals surface area contributed by atoms with Crippen LogP contribution in [0.25, 0.3) is 0 Å². The van der Waals surface area contributed by atoms with Crippen LogP contribution in [0.15, 0.2) is 24.3 Å². The van der Waals surface area contributed by atoms with Crippen LogP contribution in [-0.2, 0) is 19.2 Å². The van der Waals surface area contributed by atoms with E-state index in [4.69, 9.17) is 0 Å². The zero-order chi connectivity index (χ0) is 16.1. The Bertz CT molecular complexity index is 574. The summed E-state index contributed by atoms with van der Waals surface area (Å²) < 4.78 is 0. The molecule has 0 aromatic rings. The van der Waals surface area contributed by atoms with Crippen LogP contribution in [0.1, 0.15) is 19.3 Å². The molecule has 0 aromatic carbocycles. The van der Waals surface area contributed by atoms with E-state index in [0.717, 1.165) is 19.3 Å². The van der Waals surface area contributed by atoms with Gasteiger partial charge in [-0.1, -0.05) is 0 Å². The molecule has 2 heterocycles. The van der Waals surface area contributed by atoms with Crippen molar-refractivity contribution < 1.29 is 19.2 Å². The second kappa shape index (κ2) is 5.15. The van der Waals surface area contributed by atoms with Crippen LogP contribution in [-0.4, -0.2) is 46.5 Å². The third kappa shape index (κ3) is 2.33. The minimum atomic E-state index is -0.214. The maximum absolute atomic E-state index is 11.7. The van der Waals surface area contributed by atoms with E-state index in [9.17, 15) is 19.2 Å². The van der Waals surface area contributed by atoms with Gasteiger partial charge in [0.15, 0.2) is 0 Å². The summed E-state index contributed by atoms with van der Waals surface area (Å²) >= 11 is 0. The number of carbonyl (C=O) groups is 4. The number of hydrogen-bond donors (Lipinski definition) is 0. The topological polar surface area (TPSA) is 74.8 Å². The summed E-state index contributed by atoms with van der Waals surface area (Å²) in [5.41, 5.74) is 0. The summed E-state index contributed by atoms with van der Waals surface area (Å²) in [7, 11) is 0. The van der Waals surface area contributed by atoms with Crippen LogP contribution >= 0.6 is 0 Å². The molecule has 23 heavy (non-hydrogen) atoms. The average Bonchev–Trinajstić information content (AvgIpc) is 3.25. The molecule has 4 rings (SSSR count). The predicted molar refractivity (Wildman–Crippen MR) is 79.5 cm³/mol. The van der Waals surface area contributed by atoms with Crippen LogP contribution in [0, 0.1) is 23.7 Å². The zero-order valence-electron chi connectivity index (χ0n) is 12.7. The monoisotopic (exact) mass is 314 g/mol. The Morgan fingerprint density at radius 1 is 0.652 bits per heavy atom. The van der Waals surface area contributed by atoms with Crippen LogP contribution < -0.4 is 0 Å². The molecule has 0 saturated heterocycles. The first-order valence-electron chi connectivity index (χ1n) is 8.10. The molecule has 0 spiro atoms. The highest BCUT2D eigenvalue weighted by atomic mass is 16.2. The number of imide groups is 2. The van der Waals surface area contributed by atoms with E-state index in [0.29, 0.717) is 36.8 Å². The van der Waals surface area contributed by atoms with E-state index >= 15 is 0 Å². The van der Waals surface area contributed by atoms with Gasteiger partial charge in [0.2, 0.25) is 0 Å². The van der Waals surface area contributed by atoms with E-state index in [2.05, 4.69) is 0 Å². The van der Waals surface area contributed by atoms with Crippen molar-refractivity contribution in [3.8, 4) is 0 Å². The number of hydrogen-bond acceptors (Lipinski definition) is 4. The van der Waals surface area contributed by atoms with Gasteiger partial charge in [0.1, 0.15) is 0 Å². The highest BCUT2D eigenvalue weighted by molar-refractivity contribution is 6.13. The summed E-state index contributed by atoms with van der Waals surface area (Å²) in [5.74, 6) is 0.808. The SMILES string of the molecule is O=C1C=CC(=O)N1CC1CC2CC1CC2CN1C(=O)C=CC1=O. The smallest absolute Gasteiger partial charge is 0.253 e. The van der Waals surface area contributed by atoms with Crippen molar-refractivity contribution in [2.24, 2.45) is 23.7 Å². The fourth-order valence-corrected chi connectivity index (χ4v) is 4.65. The summed E-state index contributed by atoms with van der Waals surface area (Å²) in [6.07, 6.45) is 8.33. The molecular formula is C17H18N2O4. The molecule has 0 N–H and O–H groups in total. The average molecular weight is 314 g/mol. The molecule has 2 aliphatic heterocycles. The largest absolute Gasteiger partial charge is 0.275 e. The lowest BCUT2D eigenvalue weighted by molar-refractivity contribution is -0.140. The lowest BCUT2D eigenvalue weighted by atomic mass is 9.81. The fraction of sp³-hybridized carbons (Fsp3) is 0.529. The minimum absolute atomic E-state index is 0.214. The number of amides is 4. The minimum Gasteiger partial charge on any atom is -0.275 e. The van der Waals surface area contributed by atoms with Crippen molar-refractivity contribution in [2.45, 2.75) is 19.3 Å². The van der Waals surface area contributed by atoms with Crippen LogP contribution in [0.5, 0.6) is 0 Å². The maximum atomic E-state index is 11.7. The number of carbonyl (C=O) groups excluding carboxylic acids is 4. The second-order valence-corrected chi connectivity index (χ2v) is 6.99. The highest BCUT2D eigenvalue weighted by Crippen LogP contribution is 2.52. The number of rotatable bonds is 4. The predicted octanol–water partition coefficient (Wildman–Crippen LogP) is 0.499. The molecule has 4 atom stereocenters. The first-order valence-corrected chi connectivity index (χ1v) is 8.10. The lowest BCUT2D eigenvalue weighted by Gasteiger charge is -2.31. The standard InChI is InChI=1S/C17H18N2O4/c20-14-1-2-15(21)18(14)8-12-6-11-5-10(12)7-13(11)9-19-16(22)3-4-17(19)23/h1-4,10-13H,5-9H2. The van der Waals surface area contributed by atoms with Crippen LogP contribution in [0.3, 0.4) is 0 Å². The molecule has 6 heteroatoms. The molecule has 4 aliphatic rings. The molecular weight excluding hydrogens is 296 g/mol. The van der Waals surface area contributed by atoms with Gasteiger partial charge in [-0.05, 0) is 42.9 Å². The molecule has 2 saturated carbocycles. The van der Waals surface area contributed by atoms with Crippen molar-refractivity contribution in [1.82, 2.24) is 9.80 Å². The van der Waals surface area contributed by atoms with Gasteiger partial charge in [0, 0.05) is 37.4 Å². The van der Waals surface area contributed by atoms with Crippen molar-refractivity contribution >= 4 is 23.6 Å². The normalized spacial score (nSPS) is 35.5. The van der Waals surface area contributed by atoms with Crippen molar-refractivity contribution in [3.05, 3.63) is 24.3 Å². The molecule has 4 unspecified atom stereocenters. The second-order valence-electron chi connectivity index (χ2n) is 6.99. The summed E-state index contributed by atoms with van der Waals surface area (Å²) in [6, 6.07) is 0. The molecule has 2 fully saturated rings. The van der Waals surface area contributed by atoms with Crippen molar-refractivity contribution in [2.75, 3.05) is 13.1 Å². The first kappa shape index (κ1) is 14.4. The van der Waals surface area contributed by atoms with Crippen molar-refractivity contribution in [1.29, 1.82) is 0 Å². The van der Waals surface area contributed by atoms with E-state index in [1.165, 1.54) is 34.1 Å². The van der Waals surface area contributed by atoms with Gasteiger partial charge >= 0.3 is 0 Å². The fourth-order valence-electron chi connectivity index (χ4n) is 4.65. The van der Waals surface area contributed by atoms with E-state index in [-0.39, 0.29) is 23.6 Å². The van der Waals surface area contributed by atoms with Gasteiger partial charge < -0.3 is 0 Å². The van der Waals surface area contributed by atoms with E-state index in [1.807, 2.05) is 0 Å². The maximum Gasteiger partial charge on any atom is 0.253 e. The first-order chi connectivity index (χ1) is 11.0. The molecule has 0 aromatic heterocycles. The summed E-state index contributed by atoms with van der Waals surface area (Å²) in [5, 5.41) is 0. The van der Waals surface area contributed by atoms with Gasteiger partial charge in [0.25, 0.3) is 23.6 Å². The Kier molecular flexibility index (Phi) is 3.21. The van der Waals surface area contributed by atoms with Gasteiger partial charge in [-0.3, -0.25) is 29.0 Å². The van der Waals surface area contributed by atoms with E-state index < -0.39 is 0 Å². The highest BCUT2D eigenvalue weighted by Gasteiger charge is 2.48. The van der Waals surface area contributed by atoms with Crippen molar-refractivity contribution in [3.63, 3.8) is 0 Å². The van der Waals surface area contributed by atoms with Gasteiger partial charge in [-0.25, -0.2) is 0 Å². The Balaban J connectivity index is 1.35. The molecule has 120 valence electrons. The van der Waals surface area contributed by atoms with Gasteiger partial charge in [-0.2, -0.15) is 0 Å². The summed E-state index contributed by atoms with van der Waals surface area (Å²) in [6.45, 7) is 1.00. The number of nitrogens with zero attached hydrogens (tertiary/aromatic N) is 2. The van der Waals surface area contributed by atoms with E-state index in [1.54, 1.807) is 0 Å². The van der Waals surface area contributed by atoms with Crippen LogP contribution in [0.4, 0.5) is 0 Å². The summed E-state index contributed by atoms with van der Waals surface area (Å²) in [4.78, 5) is 49.4. The quantitative estimate of drug-likeness (QED) is 0.708. The number of fused-ring (bicyclic) bond motifs is 2.